The van der Waals surface area contributed by atoms with Crippen molar-refractivity contribution >= 4 is 16.7 Å². The van der Waals surface area contributed by atoms with E-state index in [2.05, 4.69) is 19.1 Å². The number of hydrogen-bond donors (Lipinski definition) is 1. The van der Waals surface area contributed by atoms with Crippen LogP contribution < -0.4 is 0 Å². The molecule has 18 heavy (non-hydrogen) atoms. The molecule has 1 N–H and O–H groups in total. The summed E-state index contributed by atoms with van der Waals surface area (Å²) in [7, 11) is 0. The third-order valence-electron chi connectivity index (χ3n) is 3.31. The maximum Gasteiger partial charge on any atom is 0.311 e. The molecule has 2 heteroatoms. The van der Waals surface area contributed by atoms with Crippen molar-refractivity contribution in [3.8, 4) is 0 Å². The molecule has 2 aromatic rings. The van der Waals surface area contributed by atoms with E-state index >= 15 is 0 Å². The van der Waals surface area contributed by atoms with Gasteiger partial charge >= 0.3 is 5.97 Å². The van der Waals surface area contributed by atoms with Crippen molar-refractivity contribution in [2.75, 3.05) is 0 Å². The highest BCUT2D eigenvalue weighted by Gasteiger charge is 2.23. The van der Waals surface area contributed by atoms with E-state index in [9.17, 15) is 9.90 Å². The molecule has 0 heterocycles. The SMILES string of the molecule is Cc1ccc2cc(C(C(=O)O)C(C)C)ccc2c1. The first-order chi connectivity index (χ1) is 8.49. The number of carboxylic acid groups (broad SMARTS) is 1. The third kappa shape index (κ3) is 2.37. The molecule has 0 bridgehead atoms. The number of carboxylic acids is 1. The molecule has 2 nitrogen and oxygen atoms in total. The lowest BCUT2D eigenvalue weighted by Gasteiger charge is -2.17. The molecule has 94 valence electrons. The van der Waals surface area contributed by atoms with Gasteiger partial charge in [-0.3, -0.25) is 4.79 Å². The highest BCUT2D eigenvalue weighted by atomic mass is 16.4. The largest absolute Gasteiger partial charge is 0.481 e. The van der Waals surface area contributed by atoms with Gasteiger partial charge in [-0.15, -0.1) is 0 Å². The smallest absolute Gasteiger partial charge is 0.311 e. The average molecular weight is 242 g/mol. The Hall–Kier alpha value is -1.83. The van der Waals surface area contributed by atoms with Crippen molar-refractivity contribution in [3.05, 3.63) is 47.5 Å². The quantitative estimate of drug-likeness (QED) is 0.884. The van der Waals surface area contributed by atoms with Crippen molar-refractivity contribution in [2.24, 2.45) is 5.92 Å². The van der Waals surface area contributed by atoms with Crippen LogP contribution in [-0.2, 0) is 4.79 Å². The van der Waals surface area contributed by atoms with E-state index in [-0.39, 0.29) is 5.92 Å². The maximum atomic E-state index is 11.3. The van der Waals surface area contributed by atoms with Crippen LogP contribution in [0.4, 0.5) is 0 Å². The maximum absolute atomic E-state index is 11.3. The number of carbonyl (C=O) groups is 1. The molecule has 1 atom stereocenters. The number of fused-ring (bicyclic) bond motifs is 1. The molecule has 0 radical (unpaired) electrons. The molecular formula is C16H18O2. The second-order valence-corrected chi connectivity index (χ2v) is 5.17. The number of benzene rings is 2. The summed E-state index contributed by atoms with van der Waals surface area (Å²) in [5.74, 6) is -1.10. The van der Waals surface area contributed by atoms with Gasteiger partial charge in [-0.25, -0.2) is 0 Å². The van der Waals surface area contributed by atoms with E-state index in [0.717, 1.165) is 16.3 Å². The van der Waals surface area contributed by atoms with Crippen molar-refractivity contribution in [1.82, 2.24) is 0 Å². The van der Waals surface area contributed by atoms with Crippen LogP contribution >= 0.6 is 0 Å². The van der Waals surface area contributed by atoms with E-state index in [1.165, 1.54) is 5.56 Å². The normalized spacial score (nSPS) is 12.9. The van der Waals surface area contributed by atoms with Gasteiger partial charge in [0.2, 0.25) is 0 Å². The number of aryl methyl sites for hydroxylation is 1. The van der Waals surface area contributed by atoms with Crippen LogP contribution in [0.15, 0.2) is 36.4 Å². The van der Waals surface area contributed by atoms with Crippen LogP contribution in [0.25, 0.3) is 10.8 Å². The Morgan fingerprint density at radius 3 is 2.28 bits per heavy atom. The first-order valence-electron chi connectivity index (χ1n) is 6.22. The van der Waals surface area contributed by atoms with Crippen LogP contribution in [0.5, 0.6) is 0 Å². The van der Waals surface area contributed by atoms with Gasteiger partial charge in [-0.05, 0) is 29.2 Å². The standard InChI is InChI=1S/C16H18O2/c1-10(2)15(16(17)18)14-7-6-12-8-11(3)4-5-13(12)9-14/h4-10,15H,1-3H3,(H,17,18). The number of aliphatic carboxylic acids is 1. The van der Waals surface area contributed by atoms with Gasteiger partial charge in [0.05, 0.1) is 5.92 Å². The van der Waals surface area contributed by atoms with E-state index in [1.54, 1.807) is 0 Å². The molecule has 0 spiro atoms. The minimum Gasteiger partial charge on any atom is -0.481 e. The van der Waals surface area contributed by atoms with Crippen LogP contribution in [0.3, 0.4) is 0 Å². The van der Waals surface area contributed by atoms with Crippen molar-refractivity contribution in [1.29, 1.82) is 0 Å². The molecule has 0 aliphatic rings. The molecule has 2 rings (SSSR count). The van der Waals surface area contributed by atoms with Crippen LogP contribution in [0.1, 0.15) is 30.9 Å². The van der Waals surface area contributed by atoms with Crippen molar-refractivity contribution < 1.29 is 9.90 Å². The Kier molecular flexibility index (Phi) is 3.37. The fourth-order valence-electron chi connectivity index (χ4n) is 2.39. The number of hydrogen-bond acceptors (Lipinski definition) is 1. The topological polar surface area (TPSA) is 37.3 Å². The number of rotatable bonds is 3. The van der Waals surface area contributed by atoms with Gasteiger partial charge in [0.1, 0.15) is 0 Å². The molecule has 2 aromatic carbocycles. The second kappa shape index (κ2) is 4.81. The molecular weight excluding hydrogens is 224 g/mol. The Morgan fingerprint density at radius 2 is 1.67 bits per heavy atom. The Balaban J connectivity index is 2.52. The third-order valence-corrected chi connectivity index (χ3v) is 3.31. The summed E-state index contributed by atoms with van der Waals surface area (Å²) in [5, 5.41) is 11.6. The van der Waals surface area contributed by atoms with E-state index < -0.39 is 11.9 Å². The lowest BCUT2D eigenvalue weighted by molar-refractivity contribution is -0.139. The van der Waals surface area contributed by atoms with Gasteiger partial charge in [0, 0.05) is 0 Å². The molecule has 0 saturated heterocycles. The minimum atomic E-state index is -0.753. The molecule has 0 aliphatic carbocycles. The average Bonchev–Trinajstić information content (AvgIpc) is 2.28. The Bertz CT molecular complexity index is 585. The van der Waals surface area contributed by atoms with Gasteiger partial charge < -0.3 is 5.11 Å². The lowest BCUT2D eigenvalue weighted by atomic mass is 9.87. The monoisotopic (exact) mass is 242 g/mol. The van der Waals surface area contributed by atoms with Crippen molar-refractivity contribution in [3.63, 3.8) is 0 Å². The summed E-state index contributed by atoms with van der Waals surface area (Å²) in [6.45, 7) is 5.94. The Morgan fingerprint density at radius 1 is 1.06 bits per heavy atom. The molecule has 0 saturated carbocycles. The van der Waals surface area contributed by atoms with E-state index in [1.807, 2.05) is 38.1 Å². The zero-order valence-electron chi connectivity index (χ0n) is 11.0. The highest BCUT2D eigenvalue weighted by molar-refractivity contribution is 5.86. The predicted molar refractivity (Wildman–Crippen MR) is 73.9 cm³/mol. The van der Waals surface area contributed by atoms with Crippen LogP contribution in [0, 0.1) is 12.8 Å². The van der Waals surface area contributed by atoms with Crippen LogP contribution in [0.2, 0.25) is 0 Å². The van der Waals surface area contributed by atoms with Gasteiger partial charge in [0.15, 0.2) is 0 Å². The fourth-order valence-corrected chi connectivity index (χ4v) is 2.39. The highest BCUT2D eigenvalue weighted by Crippen LogP contribution is 2.28. The minimum absolute atomic E-state index is 0.0883. The van der Waals surface area contributed by atoms with Gasteiger partial charge in [-0.1, -0.05) is 55.8 Å². The fraction of sp³-hybridized carbons (Fsp3) is 0.312. The summed E-state index contributed by atoms with van der Waals surface area (Å²) in [5.41, 5.74) is 2.10. The zero-order valence-corrected chi connectivity index (χ0v) is 11.0. The first kappa shape index (κ1) is 12.6. The lowest BCUT2D eigenvalue weighted by Crippen LogP contribution is -2.17. The summed E-state index contributed by atoms with van der Waals surface area (Å²) in [6, 6.07) is 12.2. The predicted octanol–water partition coefficient (Wildman–Crippen LogP) is 3.97. The second-order valence-electron chi connectivity index (χ2n) is 5.17. The summed E-state index contributed by atoms with van der Waals surface area (Å²) < 4.78 is 0. The molecule has 1 unspecified atom stereocenters. The molecule has 0 amide bonds. The first-order valence-corrected chi connectivity index (χ1v) is 6.22. The summed E-state index contributed by atoms with van der Waals surface area (Å²) in [4.78, 5) is 11.3. The Labute approximate surface area is 107 Å². The molecule has 0 aliphatic heterocycles. The van der Waals surface area contributed by atoms with Gasteiger partial charge in [0.25, 0.3) is 0 Å². The van der Waals surface area contributed by atoms with E-state index in [0.29, 0.717) is 0 Å². The van der Waals surface area contributed by atoms with Crippen molar-refractivity contribution in [2.45, 2.75) is 26.7 Å². The molecule has 0 aromatic heterocycles. The van der Waals surface area contributed by atoms with Crippen LogP contribution in [-0.4, -0.2) is 11.1 Å². The molecule has 0 fully saturated rings. The van der Waals surface area contributed by atoms with Gasteiger partial charge in [-0.2, -0.15) is 0 Å². The summed E-state index contributed by atoms with van der Waals surface area (Å²) >= 11 is 0. The summed E-state index contributed by atoms with van der Waals surface area (Å²) in [6.07, 6.45) is 0. The van der Waals surface area contributed by atoms with E-state index in [4.69, 9.17) is 0 Å². The zero-order chi connectivity index (χ0) is 13.3.